The number of unbranched alkanes of at least 4 members (excludes halogenated alkanes) is 2. The Balaban J connectivity index is 5.29. The van der Waals surface area contributed by atoms with Crippen molar-refractivity contribution in [3.05, 3.63) is 25.3 Å². The molecule has 0 fully saturated rings. The fourth-order valence-electron chi connectivity index (χ4n) is 4.30. The zero-order chi connectivity index (χ0) is 19.1. The van der Waals surface area contributed by atoms with Gasteiger partial charge in [-0.3, -0.25) is 0 Å². The molecule has 0 radical (unpaired) electrons. The van der Waals surface area contributed by atoms with E-state index in [0.717, 1.165) is 35.5 Å². The van der Waals surface area contributed by atoms with Gasteiger partial charge in [0.25, 0.3) is 0 Å². The van der Waals surface area contributed by atoms with Gasteiger partial charge >= 0.3 is 0 Å². The molecular formula is C24H48N+. The van der Waals surface area contributed by atoms with Crippen LogP contribution < -0.4 is 0 Å². The van der Waals surface area contributed by atoms with E-state index in [1.54, 1.807) is 0 Å². The third kappa shape index (κ3) is 9.64. The van der Waals surface area contributed by atoms with Crippen molar-refractivity contribution in [2.24, 2.45) is 11.8 Å². The summed E-state index contributed by atoms with van der Waals surface area (Å²) in [6.07, 6.45) is 17.8. The Morgan fingerprint density at radius 1 is 0.760 bits per heavy atom. The minimum absolute atomic E-state index is 0.736. The number of hydrogen-bond acceptors (Lipinski definition) is 0. The molecule has 25 heavy (non-hydrogen) atoms. The maximum absolute atomic E-state index is 4.06. The SMILES string of the molecule is C=CC[N+](C)(CC=C)C(CC(CC)CCCC)CC(CC)CCCC. The van der Waals surface area contributed by atoms with Gasteiger partial charge in [0, 0.05) is 12.8 Å². The highest BCUT2D eigenvalue weighted by atomic mass is 15.3. The number of hydrogen-bond donors (Lipinski definition) is 0. The van der Waals surface area contributed by atoms with Gasteiger partial charge in [-0.1, -0.05) is 92.2 Å². The van der Waals surface area contributed by atoms with E-state index in [4.69, 9.17) is 0 Å². The van der Waals surface area contributed by atoms with Crippen molar-refractivity contribution in [3.8, 4) is 0 Å². The van der Waals surface area contributed by atoms with E-state index < -0.39 is 0 Å². The molecule has 0 aliphatic heterocycles. The summed E-state index contributed by atoms with van der Waals surface area (Å²) in [7, 11) is 2.44. The van der Waals surface area contributed by atoms with E-state index in [0.29, 0.717) is 0 Å². The molecule has 0 aromatic heterocycles. The van der Waals surface area contributed by atoms with Gasteiger partial charge in [-0.05, 0) is 24.0 Å². The van der Waals surface area contributed by atoms with Crippen molar-refractivity contribution in [1.82, 2.24) is 0 Å². The van der Waals surface area contributed by atoms with E-state index in [2.05, 4.69) is 60.1 Å². The van der Waals surface area contributed by atoms with Crippen LogP contribution >= 0.6 is 0 Å². The summed E-state index contributed by atoms with van der Waals surface area (Å²) in [6, 6.07) is 0.736. The van der Waals surface area contributed by atoms with Crippen molar-refractivity contribution in [2.45, 2.75) is 97.9 Å². The molecule has 0 amide bonds. The first-order valence-corrected chi connectivity index (χ1v) is 11.1. The van der Waals surface area contributed by atoms with Gasteiger partial charge in [-0.15, -0.1) is 0 Å². The first-order chi connectivity index (χ1) is 12.0. The highest BCUT2D eigenvalue weighted by Gasteiger charge is 2.33. The maximum atomic E-state index is 4.06. The van der Waals surface area contributed by atoms with Gasteiger partial charge in [0.2, 0.25) is 0 Å². The van der Waals surface area contributed by atoms with Crippen LogP contribution in [0, 0.1) is 11.8 Å². The quantitative estimate of drug-likeness (QED) is 0.189. The molecule has 0 aromatic carbocycles. The lowest BCUT2D eigenvalue weighted by atomic mass is 9.84. The summed E-state index contributed by atoms with van der Waals surface area (Å²) in [4.78, 5) is 0. The van der Waals surface area contributed by atoms with Crippen LogP contribution in [0.2, 0.25) is 0 Å². The fourth-order valence-corrected chi connectivity index (χ4v) is 4.30. The summed E-state index contributed by atoms with van der Waals surface area (Å²) in [6.45, 7) is 19.6. The normalized spacial score (nSPS) is 15.6. The molecule has 1 heteroatoms. The Labute approximate surface area is 160 Å². The van der Waals surface area contributed by atoms with Crippen LogP contribution in [0.4, 0.5) is 0 Å². The largest absolute Gasteiger partial charge is 0.317 e. The van der Waals surface area contributed by atoms with Crippen LogP contribution in [0.1, 0.15) is 91.9 Å². The van der Waals surface area contributed by atoms with E-state index >= 15 is 0 Å². The minimum Gasteiger partial charge on any atom is -0.317 e. The molecule has 0 saturated carbocycles. The van der Waals surface area contributed by atoms with Gasteiger partial charge in [0.1, 0.15) is 0 Å². The van der Waals surface area contributed by atoms with Crippen LogP contribution in [-0.2, 0) is 0 Å². The van der Waals surface area contributed by atoms with Crippen LogP contribution in [0.15, 0.2) is 25.3 Å². The second kappa shape index (κ2) is 14.6. The first kappa shape index (κ1) is 24.4. The van der Waals surface area contributed by atoms with Crippen LogP contribution in [-0.4, -0.2) is 30.7 Å². The van der Waals surface area contributed by atoms with E-state index in [9.17, 15) is 0 Å². The Hall–Kier alpha value is -0.560. The monoisotopic (exact) mass is 350 g/mol. The minimum atomic E-state index is 0.736. The highest BCUT2D eigenvalue weighted by Crippen LogP contribution is 2.31. The third-order valence-corrected chi connectivity index (χ3v) is 6.27. The van der Waals surface area contributed by atoms with E-state index in [1.807, 2.05) is 0 Å². The molecule has 148 valence electrons. The molecule has 2 atom stereocenters. The number of nitrogens with zero attached hydrogens (tertiary/aromatic N) is 1. The van der Waals surface area contributed by atoms with Crippen molar-refractivity contribution >= 4 is 0 Å². The van der Waals surface area contributed by atoms with Gasteiger partial charge in [-0.25, -0.2) is 0 Å². The Morgan fingerprint density at radius 3 is 1.44 bits per heavy atom. The molecular weight excluding hydrogens is 302 g/mol. The second-order valence-electron chi connectivity index (χ2n) is 8.38. The van der Waals surface area contributed by atoms with Crippen molar-refractivity contribution in [2.75, 3.05) is 20.1 Å². The van der Waals surface area contributed by atoms with Crippen LogP contribution in [0.3, 0.4) is 0 Å². The van der Waals surface area contributed by atoms with Gasteiger partial charge in [0.05, 0.1) is 26.2 Å². The van der Waals surface area contributed by atoms with E-state index in [1.165, 1.54) is 64.2 Å². The van der Waals surface area contributed by atoms with E-state index in [-0.39, 0.29) is 0 Å². The molecule has 0 aliphatic rings. The Kier molecular flexibility index (Phi) is 14.3. The molecule has 0 spiro atoms. The molecule has 0 heterocycles. The maximum Gasteiger partial charge on any atom is 0.0973 e. The molecule has 0 saturated heterocycles. The van der Waals surface area contributed by atoms with Crippen LogP contribution in [0.25, 0.3) is 0 Å². The predicted octanol–water partition coefficient (Wildman–Crippen LogP) is 7.39. The van der Waals surface area contributed by atoms with Crippen LogP contribution in [0.5, 0.6) is 0 Å². The summed E-state index contributed by atoms with van der Waals surface area (Å²) in [5.74, 6) is 1.75. The second-order valence-corrected chi connectivity index (χ2v) is 8.38. The summed E-state index contributed by atoms with van der Waals surface area (Å²) in [5, 5.41) is 0. The number of rotatable bonds is 17. The number of quaternary nitrogens is 1. The molecule has 2 unspecified atom stereocenters. The molecule has 0 N–H and O–H groups in total. The lowest BCUT2D eigenvalue weighted by Gasteiger charge is -2.43. The van der Waals surface area contributed by atoms with Gasteiger partial charge in [0.15, 0.2) is 0 Å². The molecule has 1 nitrogen and oxygen atoms in total. The summed E-state index contributed by atoms with van der Waals surface area (Å²) < 4.78 is 1.10. The first-order valence-electron chi connectivity index (χ1n) is 11.1. The Bertz CT molecular complexity index is 305. The lowest BCUT2D eigenvalue weighted by Crippen LogP contribution is -2.53. The van der Waals surface area contributed by atoms with Gasteiger partial charge < -0.3 is 4.48 Å². The zero-order valence-corrected chi connectivity index (χ0v) is 18.2. The topological polar surface area (TPSA) is 0 Å². The standard InChI is InChI=1S/C24H48N/c1-8-14-16-22(12-5)20-24(21-23(13-6)17-15-9-2)25(7,18-10-3)19-11-4/h10-11,22-24H,3-4,8-9,12-21H2,1-2,5-7H3/q+1. The van der Waals surface area contributed by atoms with Gasteiger partial charge in [-0.2, -0.15) is 0 Å². The molecule has 0 rings (SSSR count). The van der Waals surface area contributed by atoms with Crippen molar-refractivity contribution in [3.63, 3.8) is 0 Å². The predicted molar refractivity (Wildman–Crippen MR) is 116 cm³/mol. The van der Waals surface area contributed by atoms with Crippen molar-refractivity contribution < 1.29 is 4.48 Å². The fraction of sp³-hybridized carbons (Fsp3) is 0.833. The Morgan fingerprint density at radius 2 is 1.16 bits per heavy atom. The molecule has 0 bridgehead atoms. The smallest absolute Gasteiger partial charge is 0.0973 e. The molecule has 0 aromatic rings. The average molecular weight is 351 g/mol. The molecule has 0 aliphatic carbocycles. The summed E-state index contributed by atoms with van der Waals surface area (Å²) >= 11 is 0. The average Bonchev–Trinajstić information content (AvgIpc) is 2.60. The lowest BCUT2D eigenvalue weighted by molar-refractivity contribution is -0.924. The summed E-state index contributed by atoms with van der Waals surface area (Å²) in [5.41, 5.74) is 0. The number of likely N-dealkylation sites (N-methyl/N-ethyl adjacent to an activating group) is 1. The highest BCUT2D eigenvalue weighted by molar-refractivity contribution is 4.78. The third-order valence-electron chi connectivity index (χ3n) is 6.27. The van der Waals surface area contributed by atoms with Crippen molar-refractivity contribution in [1.29, 1.82) is 0 Å². The zero-order valence-electron chi connectivity index (χ0n) is 18.2.